The Morgan fingerprint density at radius 3 is 2.61 bits per heavy atom. The third-order valence-electron chi connectivity index (χ3n) is 2.65. The van der Waals surface area contributed by atoms with Gasteiger partial charge in [-0.25, -0.2) is 4.98 Å². The van der Waals surface area contributed by atoms with Gasteiger partial charge in [0.25, 0.3) is 0 Å². The average molecular weight is 265 g/mol. The Bertz CT molecular complexity index is 505. The molecule has 6 heteroatoms. The summed E-state index contributed by atoms with van der Waals surface area (Å²) < 4.78 is 4.92. The summed E-state index contributed by atoms with van der Waals surface area (Å²) in [7, 11) is 1.53. The average Bonchev–Trinajstić information content (AvgIpc) is 2.68. The number of methoxy groups -OCH3 is 1. The molecule has 0 aliphatic carbocycles. The zero-order valence-electron chi connectivity index (χ0n) is 10.5. The highest BCUT2D eigenvalue weighted by atomic mass is 32.1. The van der Waals surface area contributed by atoms with Gasteiger partial charge >= 0.3 is 0 Å². The van der Waals surface area contributed by atoms with Gasteiger partial charge in [-0.1, -0.05) is 0 Å². The molecule has 0 aliphatic heterocycles. The second kappa shape index (κ2) is 5.41. The van der Waals surface area contributed by atoms with Crippen LogP contribution >= 0.6 is 11.3 Å². The maximum Gasteiger partial charge on any atom is 0.233 e. The van der Waals surface area contributed by atoms with E-state index in [1.807, 2.05) is 13.8 Å². The number of hydrogen-bond donors (Lipinski definition) is 1. The fourth-order valence-electron chi connectivity index (χ4n) is 1.51. The maximum absolute atomic E-state index is 10.1. The minimum absolute atomic E-state index is 0.437. The lowest BCUT2D eigenvalue weighted by Crippen LogP contribution is -2.05. The van der Waals surface area contributed by atoms with E-state index in [1.165, 1.54) is 12.0 Å². The van der Waals surface area contributed by atoms with Crippen LogP contribution in [0.5, 0.6) is 5.88 Å². The van der Waals surface area contributed by atoms with Crippen molar-refractivity contribution in [1.29, 1.82) is 0 Å². The summed E-state index contributed by atoms with van der Waals surface area (Å²) in [4.78, 5) is 5.57. The molecule has 2 aromatic heterocycles. The molecule has 0 aliphatic rings. The Morgan fingerprint density at radius 1 is 1.33 bits per heavy atom. The normalized spacial score (nSPS) is 12.4. The fourth-order valence-corrected chi connectivity index (χ4v) is 2.48. The van der Waals surface area contributed by atoms with E-state index in [1.54, 1.807) is 23.5 Å². The molecule has 0 spiro atoms. The standard InChI is InChI=1S/C12H15N3O2S/c1-7-8(2)18-12(13-7)6-10(16)9-4-5-11(17-3)15-14-9/h4-5,10,16H,6H2,1-3H3. The zero-order chi connectivity index (χ0) is 13.1. The van der Waals surface area contributed by atoms with Gasteiger partial charge in [0, 0.05) is 17.4 Å². The van der Waals surface area contributed by atoms with Gasteiger partial charge in [-0.05, 0) is 19.9 Å². The molecule has 1 N–H and O–H groups in total. The topological polar surface area (TPSA) is 68.1 Å². The number of aliphatic hydroxyl groups excluding tert-OH is 1. The van der Waals surface area contributed by atoms with Crippen LogP contribution < -0.4 is 4.74 Å². The molecule has 2 rings (SSSR count). The molecule has 1 atom stereocenters. The molecule has 2 aromatic rings. The van der Waals surface area contributed by atoms with Crippen LogP contribution in [0.1, 0.15) is 27.4 Å². The van der Waals surface area contributed by atoms with Crippen molar-refractivity contribution in [3.05, 3.63) is 33.4 Å². The molecule has 1 unspecified atom stereocenters. The van der Waals surface area contributed by atoms with E-state index in [0.717, 1.165) is 10.7 Å². The molecule has 0 amide bonds. The van der Waals surface area contributed by atoms with Crippen LogP contribution in [0, 0.1) is 13.8 Å². The number of rotatable bonds is 4. The first-order valence-corrected chi connectivity index (χ1v) is 6.40. The van der Waals surface area contributed by atoms with Crippen LogP contribution in [-0.4, -0.2) is 27.4 Å². The second-order valence-corrected chi connectivity index (χ2v) is 5.26. The lowest BCUT2D eigenvalue weighted by molar-refractivity contribution is 0.172. The molecule has 0 saturated heterocycles. The quantitative estimate of drug-likeness (QED) is 0.913. The van der Waals surface area contributed by atoms with Crippen molar-refractivity contribution >= 4 is 11.3 Å². The summed E-state index contributed by atoms with van der Waals surface area (Å²) in [6, 6.07) is 3.40. The van der Waals surface area contributed by atoms with Crippen LogP contribution in [0.15, 0.2) is 12.1 Å². The first-order chi connectivity index (χ1) is 8.60. The van der Waals surface area contributed by atoms with Gasteiger partial charge in [0.15, 0.2) is 0 Å². The Morgan fingerprint density at radius 2 is 2.11 bits per heavy atom. The van der Waals surface area contributed by atoms with Crippen molar-refractivity contribution in [2.45, 2.75) is 26.4 Å². The summed E-state index contributed by atoms with van der Waals surface area (Å²) in [6.45, 7) is 3.99. The van der Waals surface area contributed by atoms with Gasteiger partial charge in [0.2, 0.25) is 5.88 Å². The van der Waals surface area contributed by atoms with E-state index in [4.69, 9.17) is 4.74 Å². The number of aryl methyl sites for hydroxylation is 2. The highest BCUT2D eigenvalue weighted by Gasteiger charge is 2.14. The van der Waals surface area contributed by atoms with Gasteiger partial charge in [-0.15, -0.1) is 21.5 Å². The van der Waals surface area contributed by atoms with Gasteiger partial charge in [-0.2, -0.15) is 0 Å². The van der Waals surface area contributed by atoms with E-state index in [0.29, 0.717) is 18.0 Å². The van der Waals surface area contributed by atoms with E-state index < -0.39 is 6.10 Å². The van der Waals surface area contributed by atoms with E-state index in [-0.39, 0.29) is 0 Å². The van der Waals surface area contributed by atoms with Crippen LogP contribution in [0.25, 0.3) is 0 Å². The number of aliphatic hydroxyl groups is 1. The Labute approximate surface area is 109 Å². The maximum atomic E-state index is 10.1. The van der Waals surface area contributed by atoms with Crippen LogP contribution in [0.2, 0.25) is 0 Å². The van der Waals surface area contributed by atoms with Gasteiger partial charge in [-0.3, -0.25) is 0 Å². The number of thiazole rings is 1. The first-order valence-electron chi connectivity index (χ1n) is 5.58. The molecular formula is C12H15N3O2S. The second-order valence-electron chi connectivity index (χ2n) is 3.97. The summed E-state index contributed by atoms with van der Waals surface area (Å²) in [5.74, 6) is 0.437. The SMILES string of the molecule is COc1ccc(C(O)Cc2nc(C)c(C)s2)nn1. The molecule has 0 aromatic carbocycles. The van der Waals surface area contributed by atoms with Crippen molar-refractivity contribution in [3.63, 3.8) is 0 Å². The number of aromatic nitrogens is 3. The minimum Gasteiger partial charge on any atom is -0.480 e. The van der Waals surface area contributed by atoms with E-state index in [2.05, 4.69) is 15.2 Å². The highest BCUT2D eigenvalue weighted by Crippen LogP contribution is 2.22. The predicted molar refractivity (Wildman–Crippen MR) is 68.8 cm³/mol. The van der Waals surface area contributed by atoms with Crippen molar-refractivity contribution < 1.29 is 9.84 Å². The Hall–Kier alpha value is -1.53. The monoisotopic (exact) mass is 265 g/mol. The smallest absolute Gasteiger partial charge is 0.233 e. The van der Waals surface area contributed by atoms with Crippen LogP contribution in [0.4, 0.5) is 0 Å². The lowest BCUT2D eigenvalue weighted by atomic mass is 10.2. The van der Waals surface area contributed by atoms with Gasteiger partial charge in [0.05, 0.1) is 23.5 Å². The summed E-state index contributed by atoms with van der Waals surface area (Å²) in [6.07, 6.45) is -0.228. The van der Waals surface area contributed by atoms with E-state index in [9.17, 15) is 5.11 Å². The molecule has 0 radical (unpaired) electrons. The molecule has 5 nitrogen and oxygen atoms in total. The number of nitrogens with zero attached hydrogens (tertiary/aromatic N) is 3. The number of ether oxygens (including phenoxy) is 1. The number of hydrogen-bond acceptors (Lipinski definition) is 6. The molecule has 0 saturated carbocycles. The summed E-state index contributed by atoms with van der Waals surface area (Å²) in [5, 5.41) is 18.7. The lowest BCUT2D eigenvalue weighted by Gasteiger charge is -2.07. The third kappa shape index (κ3) is 2.83. The zero-order valence-corrected chi connectivity index (χ0v) is 11.4. The minimum atomic E-state index is -0.687. The Kier molecular flexibility index (Phi) is 3.88. The van der Waals surface area contributed by atoms with Gasteiger partial charge < -0.3 is 9.84 Å². The van der Waals surface area contributed by atoms with Crippen molar-refractivity contribution in [2.24, 2.45) is 0 Å². The van der Waals surface area contributed by atoms with Crippen molar-refractivity contribution in [1.82, 2.24) is 15.2 Å². The largest absolute Gasteiger partial charge is 0.480 e. The van der Waals surface area contributed by atoms with E-state index >= 15 is 0 Å². The summed E-state index contributed by atoms with van der Waals surface area (Å²) in [5.41, 5.74) is 1.55. The molecule has 0 fully saturated rings. The summed E-state index contributed by atoms with van der Waals surface area (Å²) >= 11 is 1.60. The molecule has 96 valence electrons. The van der Waals surface area contributed by atoms with Crippen molar-refractivity contribution in [2.75, 3.05) is 7.11 Å². The third-order valence-corrected chi connectivity index (χ3v) is 3.75. The predicted octanol–water partition coefficient (Wildman–Crippen LogP) is 1.83. The Balaban J connectivity index is 2.08. The molecule has 2 heterocycles. The molecular weight excluding hydrogens is 250 g/mol. The first kappa shape index (κ1) is 12.9. The fraction of sp³-hybridized carbons (Fsp3) is 0.417. The van der Waals surface area contributed by atoms with Crippen LogP contribution in [-0.2, 0) is 6.42 Å². The highest BCUT2D eigenvalue weighted by molar-refractivity contribution is 7.11. The van der Waals surface area contributed by atoms with Gasteiger partial charge in [0.1, 0.15) is 6.10 Å². The van der Waals surface area contributed by atoms with Crippen molar-refractivity contribution in [3.8, 4) is 5.88 Å². The van der Waals surface area contributed by atoms with Crippen LogP contribution in [0.3, 0.4) is 0 Å². The molecule has 0 bridgehead atoms. The molecule has 18 heavy (non-hydrogen) atoms.